The third kappa shape index (κ3) is 2.12. The highest BCUT2D eigenvalue weighted by Gasteiger charge is 2.12. The molecule has 0 saturated carbocycles. The summed E-state index contributed by atoms with van der Waals surface area (Å²) in [5.41, 5.74) is 3.05. The van der Waals surface area contributed by atoms with E-state index in [1.54, 1.807) is 12.1 Å². The predicted molar refractivity (Wildman–Crippen MR) is 71.1 cm³/mol. The largest absolute Gasteiger partial charge is 0.504 e. The molecule has 0 radical (unpaired) electrons. The van der Waals surface area contributed by atoms with Gasteiger partial charge in [-0.15, -0.1) is 0 Å². The molecule has 3 heteroatoms. The molecule has 0 saturated heterocycles. The Balaban J connectivity index is 2.61. The lowest BCUT2D eigenvalue weighted by Crippen LogP contribution is -1.89. The van der Waals surface area contributed by atoms with Gasteiger partial charge in [0.05, 0.1) is 7.11 Å². The average molecular weight is 244 g/mol. The van der Waals surface area contributed by atoms with Crippen LogP contribution >= 0.6 is 0 Å². The van der Waals surface area contributed by atoms with Crippen LogP contribution in [-0.2, 0) is 6.42 Å². The molecule has 3 nitrogen and oxygen atoms in total. The Bertz CT molecular complexity index is 562. The van der Waals surface area contributed by atoms with Gasteiger partial charge in [0.25, 0.3) is 0 Å². The van der Waals surface area contributed by atoms with Crippen LogP contribution in [0.15, 0.2) is 36.4 Å². The van der Waals surface area contributed by atoms with Crippen molar-refractivity contribution in [3.63, 3.8) is 0 Å². The maximum Gasteiger partial charge on any atom is 0.200 e. The second kappa shape index (κ2) is 5.00. The minimum absolute atomic E-state index is 0.171. The molecule has 2 aromatic rings. The summed E-state index contributed by atoms with van der Waals surface area (Å²) in [5.74, 6) is -0.124. The Hall–Kier alpha value is -2.16. The molecule has 0 bridgehead atoms. The van der Waals surface area contributed by atoms with Crippen LogP contribution < -0.4 is 4.74 Å². The number of hydrogen-bond acceptors (Lipinski definition) is 3. The van der Waals surface area contributed by atoms with Crippen molar-refractivity contribution in [2.75, 3.05) is 7.11 Å². The van der Waals surface area contributed by atoms with Gasteiger partial charge in [0.1, 0.15) is 0 Å². The molecule has 0 heterocycles. The van der Waals surface area contributed by atoms with Gasteiger partial charge in [-0.3, -0.25) is 0 Å². The maximum absolute atomic E-state index is 9.71. The number of rotatable bonds is 3. The first kappa shape index (κ1) is 12.3. The normalized spacial score (nSPS) is 10.3. The van der Waals surface area contributed by atoms with Crippen LogP contribution in [0.5, 0.6) is 17.2 Å². The SMILES string of the molecule is CCc1ccccc1-c1cc(O)c(O)c(OC)c1. The summed E-state index contributed by atoms with van der Waals surface area (Å²) in [5, 5.41) is 19.3. The zero-order valence-electron chi connectivity index (χ0n) is 10.5. The Kier molecular flexibility index (Phi) is 3.42. The van der Waals surface area contributed by atoms with Gasteiger partial charge in [0, 0.05) is 0 Å². The molecule has 18 heavy (non-hydrogen) atoms. The van der Waals surface area contributed by atoms with Crippen molar-refractivity contribution < 1.29 is 14.9 Å². The molecule has 2 rings (SSSR count). The first-order valence-electron chi connectivity index (χ1n) is 5.85. The van der Waals surface area contributed by atoms with E-state index in [9.17, 15) is 10.2 Å². The summed E-state index contributed by atoms with van der Waals surface area (Å²) in [6, 6.07) is 11.2. The first-order chi connectivity index (χ1) is 8.67. The molecule has 0 amide bonds. The smallest absolute Gasteiger partial charge is 0.200 e. The molecule has 0 aromatic heterocycles. The molecule has 0 fully saturated rings. The average Bonchev–Trinajstić information content (AvgIpc) is 2.41. The third-order valence-corrected chi connectivity index (χ3v) is 2.98. The van der Waals surface area contributed by atoms with Crippen molar-refractivity contribution in [2.45, 2.75) is 13.3 Å². The molecule has 2 N–H and O–H groups in total. The molecule has 2 aromatic carbocycles. The van der Waals surface area contributed by atoms with Crippen molar-refractivity contribution in [2.24, 2.45) is 0 Å². The highest BCUT2D eigenvalue weighted by atomic mass is 16.5. The minimum Gasteiger partial charge on any atom is -0.504 e. The third-order valence-electron chi connectivity index (χ3n) is 2.98. The van der Waals surface area contributed by atoms with Crippen LogP contribution in [0.3, 0.4) is 0 Å². The summed E-state index contributed by atoms with van der Waals surface area (Å²) in [6.45, 7) is 2.08. The van der Waals surface area contributed by atoms with Crippen LogP contribution in [-0.4, -0.2) is 17.3 Å². The Morgan fingerprint density at radius 3 is 2.50 bits per heavy atom. The molecular formula is C15H16O3. The number of ether oxygens (including phenoxy) is 1. The fourth-order valence-electron chi connectivity index (χ4n) is 2.01. The summed E-state index contributed by atoms with van der Waals surface area (Å²) >= 11 is 0. The molecule has 0 spiro atoms. The summed E-state index contributed by atoms with van der Waals surface area (Å²) < 4.78 is 5.05. The van der Waals surface area contributed by atoms with E-state index in [0.717, 1.165) is 17.5 Å². The second-order valence-electron chi connectivity index (χ2n) is 4.06. The van der Waals surface area contributed by atoms with Crippen molar-refractivity contribution in [3.05, 3.63) is 42.0 Å². The monoisotopic (exact) mass is 244 g/mol. The standard InChI is InChI=1S/C15H16O3/c1-3-10-6-4-5-7-12(10)11-8-13(16)15(17)14(9-11)18-2/h4-9,16-17H,3H2,1-2H3. The van der Waals surface area contributed by atoms with E-state index in [4.69, 9.17) is 4.74 Å². The van der Waals surface area contributed by atoms with Gasteiger partial charge in [-0.2, -0.15) is 0 Å². The van der Waals surface area contributed by atoms with Crippen molar-refractivity contribution in [1.29, 1.82) is 0 Å². The van der Waals surface area contributed by atoms with Gasteiger partial charge in [0.15, 0.2) is 11.5 Å². The van der Waals surface area contributed by atoms with Gasteiger partial charge < -0.3 is 14.9 Å². The number of hydrogen-bond donors (Lipinski definition) is 2. The van der Waals surface area contributed by atoms with Gasteiger partial charge in [-0.05, 0) is 35.2 Å². The Labute approximate surface area is 106 Å². The lowest BCUT2D eigenvalue weighted by atomic mass is 9.97. The lowest BCUT2D eigenvalue weighted by Gasteiger charge is -2.11. The van der Waals surface area contributed by atoms with Crippen molar-refractivity contribution in [1.82, 2.24) is 0 Å². The number of aryl methyl sites for hydroxylation is 1. The Morgan fingerprint density at radius 1 is 1.11 bits per heavy atom. The molecule has 94 valence electrons. The number of aromatic hydroxyl groups is 2. The molecule has 0 aliphatic heterocycles. The van der Waals surface area contributed by atoms with Gasteiger partial charge in [-0.25, -0.2) is 0 Å². The van der Waals surface area contributed by atoms with Crippen LogP contribution in [0.2, 0.25) is 0 Å². The quantitative estimate of drug-likeness (QED) is 0.814. The van der Waals surface area contributed by atoms with E-state index >= 15 is 0 Å². The van der Waals surface area contributed by atoms with Crippen LogP contribution in [0.4, 0.5) is 0 Å². The highest BCUT2D eigenvalue weighted by Crippen LogP contribution is 2.40. The van der Waals surface area contributed by atoms with E-state index in [0.29, 0.717) is 0 Å². The van der Waals surface area contributed by atoms with E-state index in [-0.39, 0.29) is 17.2 Å². The summed E-state index contributed by atoms with van der Waals surface area (Å²) in [6.07, 6.45) is 0.903. The first-order valence-corrected chi connectivity index (χ1v) is 5.85. The maximum atomic E-state index is 9.71. The van der Waals surface area contributed by atoms with E-state index in [1.807, 2.05) is 24.3 Å². The molecule has 0 unspecified atom stereocenters. The lowest BCUT2D eigenvalue weighted by molar-refractivity contribution is 0.351. The van der Waals surface area contributed by atoms with Gasteiger partial charge >= 0.3 is 0 Å². The predicted octanol–water partition coefficient (Wildman–Crippen LogP) is 3.34. The van der Waals surface area contributed by atoms with Crippen LogP contribution in [0.25, 0.3) is 11.1 Å². The van der Waals surface area contributed by atoms with Crippen molar-refractivity contribution >= 4 is 0 Å². The summed E-state index contributed by atoms with van der Waals surface area (Å²) in [7, 11) is 1.46. The fraction of sp³-hybridized carbons (Fsp3) is 0.200. The topological polar surface area (TPSA) is 49.7 Å². The number of phenols is 2. The van der Waals surface area contributed by atoms with Crippen molar-refractivity contribution in [3.8, 4) is 28.4 Å². The van der Waals surface area contributed by atoms with Gasteiger partial charge in [0.2, 0.25) is 5.75 Å². The Morgan fingerprint density at radius 2 is 1.83 bits per heavy atom. The van der Waals surface area contributed by atoms with E-state index < -0.39 is 0 Å². The zero-order valence-corrected chi connectivity index (χ0v) is 10.5. The minimum atomic E-state index is -0.227. The zero-order chi connectivity index (χ0) is 13.1. The number of methoxy groups -OCH3 is 1. The summed E-state index contributed by atoms with van der Waals surface area (Å²) in [4.78, 5) is 0. The fourth-order valence-corrected chi connectivity index (χ4v) is 2.01. The molecular weight excluding hydrogens is 228 g/mol. The molecule has 0 atom stereocenters. The number of phenolic OH excluding ortho intramolecular Hbond substituents is 2. The highest BCUT2D eigenvalue weighted by molar-refractivity contribution is 5.73. The van der Waals surface area contributed by atoms with E-state index in [2.05, 4.69) is 6.92 Å². The van der Waals surface area contributed by atoms with Crippen LogP contribution in [0.1, 0.15) is 12.5 Å². The second-order valence-corrected chi connectivity index (χ2v) is 4.06. The molecule has 0 aliphatic rings. The molecule has 0 aliphatic carbocycles. The van der Waals surface area contributed by atoms with Gasteiger partial charge in [-0.1, -0.05) is 31.2 Å². The van der Waals surface area contributed by atoms with Crippen LogP contribution in [0, 0.1) is 0 Å². The van der Waals surface area contributed by atoms with E-state index in [1.165, 1.54) is 12.7 Å². The number of benzene rings is 2.